The topological polar surface area (TPSA) is 464 Å². The molecule has 1 saturated heterocycles. The van der Waals surface area contributed by atoms with Crippen LogP contribution in [0.2, 0.25) is 0 Å². The predicted octanol–water partition coefficient (Wildman–Crippen LogP) is -1.02. The van der Waals surface area contributed by atoms with Gasteiger partial charge in [-0.05, 0) is 66.9 Å². The summed E-state index contributed by atoms with van der Waals surface area (Å²) < 4.78 is 5.00. The Morgan fingerprint density at radius 3 is 1.57 bits per heavy atom. The summed E-state index contributed by atoms with van der Waals surface area (Å²) >= 11 is 0. The van der Waals surface area contributed by atoms with E-state index in [1.807, 2.05) is 0 Å². The fourth-order valence-corrected chi connectivity index (χ4v) is 12.5. The second-order valence-corrected chi connectivity index (χ2v) is 27.1. The Kier molecular flexibility index (Phi) is 35.5. The van der Waals surface area contributed by atoms with E-state index < -0.39 is 174 Å². The smallest absolute Gasteiger partial charge is 0.326 e. The van der Waals surface area contributed by atoms with Gasteiger partial charge >= 0.3 is 5.97 Å². The fraction of sp³-hybridized carbons (Fsp3) is 0.614. The summed E-state index contributed by atoms with van der Waals surface area (Å²) in [7, 11) is 8.02. The molecule has 11 atom stereocenters. The number of likely N-dealkylation sites (tertiary alicyclic amines) is 1. The van der Waals surface area contributed by atoms with Crippen LogP contribution in [-0.2, 0) is 84.7 Å². The van der Waals surface area contributed by atoms with Crippen molar-refractivity contribution in [3.63, 3.8) is 0 Å². The first-order chi connectivity index (χ1) is 47.9. The number of likely N-dealkylation sites (N-methyl/N-ethyl adjacent to an activating group) is 5. The first-order valence-corrected chi connectivity index (χ1v) is 34.4. The molecule has 0 radical (unpaired) electrons. The number of nitrogens with zero attached hydrogens (tertiary/aromatic N) is 7. The summed E-state index contributed by atoms with van der Waals surface area (Å²) in [5, 5.41) is 22.7. The molecule has 1 heterocycles. The standard InChI is InChI=1S/C70H110N16O16/c1-15-43(8)59(85(13)65(96)52(38-54(72)88)82(10)67(98)57(41(4)5)83(11)63(94)48(78-56(90)39-102-14)35-44-24-18-16-19-25-44)68(99)84(12)58(42(6)7)66(97)81(9)51(34-40(2)3)62(93)79-47(37-53(71)87)60(91)80-49(36-45-26-20-17-21-27-45)64(95)86-33-23-29-50(86)61(92)75-32-30-55(89)77-46(69(100)101)28-22-31-76-70(73)74/h16-21,24-27,40-43,46-52,57-59H,15,22-23,28-39H2,1-14H3,(H2,71,87)(H2,72,88)(H,75,92)(H,77,89)(H,78,90)(H,79,93)(H,80,91)(H,100,101)(H4,73,74,76)/t43-,46+,47+,48-,49-,50+,51+,52+,57+,58+,59+/m1/s1. The molecule has 1 aliphatic rings. The molecule has 32 heteroatoms. The monoisotopic (exact) mass is 1430 g/mol. The summed E-state index contributed by atoms with van der Waals surface area (Å²) in [4.78, 5) is 207. The van der Waals surface area contributed by atoms with Crippen LogP contribution in [0.4, 0.5) is 0 Å². The van der Waals surface area contributed by atoms with Crippen LogP contribution < -0.4 is 49.5 Å². The van der Waals surface area contributed by atoms with Gasteiger partial charge in [0.25, 0.3) is 0 Å². The van der Waals surface area contributed by atoms with Gasteiger partial charge in [-0.1, -0.05) is 122 Å². The fourth-order valence-electron chi connectivity index (χ4n) is 12.5. The number of rotatable bonds is 42. The minimum atomic E-state index is -1.73. The van der Waals surface area contributed by atoms with E-state index in [2.05, 4.69) is 31.6 Å². The molecule has 0 bridgehead atoms. The number of aliphatic carboxylic acids is 1. The Morgan fingerprint density at radius 1 is 0.588 bits per heavy atom. The lowest BCUT2D eigenvalue weighted by Gasteiger charge is -2.42. The van der Waals surface area contributed by atoms with Crippen molar-refractivity contribution in [3.8, 4) is 0 Å². The second-order valence-electron chi connectivity index (χ2n) is 27.1. The number of carbonyl (C=O) groups excluding carboxylic acids is 13. The maximum absolute atomic E-state index is 15.3. The number of carboxylic acid groups (broad SMARTS) is 1. The highest BCUT2D eigenvalue weighted by Crippen LogP contribution is 2.26. The number of amides is 13. The molecular weight excluding hydrogens is 1320 g/mol. The average molecular weight is 1430 g/mol. The van der Waals surface area contributed by atoms with Crippen LogP contribution in [0, 0.1) is 23.7 Å². The molecule has 0 unspecified atom stereocenters. The van der Waals surface area contributed by atoms with Crippen molar-refractivity contribution in [1.82, 2.24) is 56.0 Å². The Balaban J connectivity index is 1.95. The molecule has 566 valence electrons. The minimum Gasteiger partial charge on any atom is -0.480 e. The quantitative estimate of drug-likeness (QED) is 0.0216. The molecule has 0 spiro atoms. The van der Waals surface area contributed by atoms with Gasteiger partial charge < -0.3 is 88.8 Å². The van der Waals surface area contributed by atoms with E-state index in [0.717, 1.165) is 14.7 Å². The van der Waals surface area contributed by atoms with Gasteiger partial charge in [0.2, 0.25) is 76.8 Å². The normalized spacial score (nSPS) is 15.7. The van der Waals surface area contributed by atoms with Gasteiger partial charge in [-0.15, -0.1) is 0 Å². The van der Waals surface area contributed by atoms with Crippen LogP contribution in [0.3, 0.4) is 0 Å². The zero-order valence-corrected chi connectivity index (χ0v) is 61.5. The molecule has 0 saturated carbocycles. The number of carbonyl (C=O) groups is 14. The first-order valence-electron chi connectivity index (χ1n) is 34.4. The molecular formula is C70H110N16O16. The summed E-state index contributed by atoms with van der Waals surface area (Å²) in [5.74, 6) is -13.9. The van der Waals surface area contributed by atoms with Gasteiger partial charge in [0.15, 0.2) is 5.96 Å². The highest BCUT2D eigenvalue weighted by molar-refractivity contribution is 6.00. The Morgan fingerprint density at radius 2 is 1.08 bits per heavy atom. The molecule has 32 nitrogen and oxygen atoms in total. The van der Waals surface area contributed by atoms with Gasteiger partial charge in [-0.25, -0.2) is 4.79 Å². The number of hydrogen-bond donors (Lipinski definition) is 10. The van der Waals surface area contributed by atoms with Crippen LogP contribution in [0.25, 0.3) is 0 Å². The molecule has 1 aliphatic heterocycles. The number of guanidine groups is 1. The third-order valence-corrected chi connectivity index (χ3v) is 18.0. The van der Waals surface area contributed by atoms with Crippen LogP contribution in [0.15, 0.2) is 65.7 Å². The lowest BCUT2D eigenvalue weighted by Crippen LogP contribution is -2.63. The van der Waals surface area contributed by atoms with E-state index in [4.69, 9.17) is 27.7 Å². The number of nitrogens with two attached hydrogens (primary N) is 4. The van der Waals surface area contributed by atoms with Crippen molar-refractivity contribution in [3.05, 3.63) is 71.8 Å². The highest BCUT2D eigenvalue weighted by Gasteiger charge is 2.46. The summed E-state index contributed by atoms with van der Waals surface area (Å²) in [6.45, 7) is 13.4. The molecule has 2 aromatic carbocycles. The van der Waals surface area contributed by atoms with E-state index >= 15 is 14.4 Å². The lowest BCUT2D eigenvalue weighted by atomic mass is 9.92. The molecule has 13 amide bonds. The van der Waals surface area contributed by atoms with Crippen molar-refractivity contribution in [2.75, 3.05) is 68.6 Å². The number of benzene rings is 2. The molecule has 0 aromatic heterocycles. The van der Waals surface area contributed by atoms with Crippen LogP contribution >= 0.6 is 0 Å². The van der Waals surface area contributed by atoms with Gasteiger partial charge in [0.05, 0.1) is 12.8 Å². The van der Waals surface area contributed by atoms with Gasteiger partial charge in [-0.3, -0.25) is 67.3 Å². The number of nitrogens with one attached hydrogen (secondary N) is 5. The van der Waals surface area contributed by atoms with Crippen LogP contribution in [0.5, 0.6) is 0 Å². The van der Waals surface area contributed by atoms with Crippen molar-refractivity contribution >= 4 is 88.7 Å². The van der Waals surface area contributed by atoms with E-state index in [1.54, 1.807) is 116 Å². The van der Waals surface area contributed by atoms with Crippen LogP contribution in [0.1, 0.15) is 124 Å². The average Bonchev–Trinajstić information content (AvgIpc) is 0.953. The SMILES string of the molecule is CC[C@@H](C)[C@@H](C(=O)N(C)[C@H](C(=O)N(C)[C@@H](CC(C)C)C(=O)N[C@@H](CC(N)=O)C(=O)N[C@H](Cc1ccccc1)C(=O)N1CCC[C@H]1C(=O)NCCC(=O)N[C@@H](CCCN=C(N)N)C(=O)O)C(C)C)N(C)C(=O)[C@H](CC(N)=O)N(C)C(=O)[C@H](C(C)C)N(C)C(=O)[C@@H](Cc1ccccc1)NC(=O)COC. The second kappa shape index (κ2) is 41.9. The van der Waals surface area contributed by atoms with E-state index in [1.165, 1.54) is 57.0 Å². The maximum atomic E-state index is 15.3. The summed E-state index contributed by atoms with van der Waals surface area (Å²) in [6, 6.07) is 3.87. The van der Waals surface area contributed by atoms with Gasteiger partial charge in [-0.2, -0.15) is 0 Å². The molecule has 14 N–H and O–H groups in total. The summed E-state index contributed by atoms with van der Waals surface area (Å²) in [5.41, 5.74) is 23.4. The largest absolute Gasteiger partial charge is 0.480 e. The number of aliphatic imine (C=N–C) groups is 1. The predicted molar refractivity (Wildman–Crippen MR) is 379 cm³/mol. The zero-order chi connectivity index (χ0) is 77.0. The maximum Gasteiger partial charge on any atom is 0.326 e. The van der Waals surface area contributed by atoms with Crippen molar-refractivity contribution in [2.24, 2.45) is 51.6 Å². The first kappa shape index (κ1) is 86.5. The number of methoxy groups -OCH3 is 1. The van der Waals surface area contributed by atoms with E-state index in [9.17, 15) is 57.8 Å². The number of primary amides is 2. The van der Waals surface area contributed by atoms with Crippen LogP contribution in [-0.4, -0.2) is 252 Å². The molecule has 3 rings (SSSR count). The molecule has 102 heavy (non-hydrogen) atoms. The lowest BCUT2D eigenvalue weighted by molar-refractivity contribution is -0.158. The van der Waals surface area contributed by atoms with E-state index in [-0.39, 0.29) is 83.1 Å². The van der Waals surface area contributed by atoms with Crippen molar-refractivity contribution in [2.45, 2.75) is 186 Å². The highest BCUT2D eigenvalue weighted by atomic mass is 16.5. The third-order valence-electron chi connectivity index (χ3n) is 18.0. The zero-order valence-electron chi connectivity index (χ0n) is 61.5. The third kappa shape index (κ3) is 26.0. The molecule has 1 fully saturated rings. The molecule has 2 aromatic rings. The Labute approximate surface area is 597 Å². The number of carboxylic acids is 1. The molecule has 0 aliphatic carbocycles. The summed E-state index contributed by atoms with van der Waals surface area (Å²) in [6.07, 6.45) is -0.722. The number of hydrogen-bond acceptors (Lipinski definition) is 16. The van der Waals surface area contributed by atoms with Crippen molar-refractivity contribution in [1.29, 1.82) is 0 Å². The van der Waals surface area contributed by atoms with Gasteiger partial charge in [0.1, 0.15) is 67.0 Å². The Bertz CT molecular complexity index is 3240. The van der Waals surface area contributed by atoms with Crippen molar-refractivity contribution < 1.29 is 77.0 Å². The Hall–Kier alpha value is -9.75. The van der Waals surface area contributed by atoms with Gasteiger partial charge in [0, 0.05) is 81.2 Å². The number of ether oxygens (including phenoxy) is 1. The van der Waals surface area contributed by atoms with E-state index in [0.29, 0.717) is 24.0 Å². The minimum absolute atomic E-state index is 0.0224.